The van der Waals surface area contributed by atoms with Gasteiger partial charge in [0.05, 0.1) is 39.6 Å². The molecule has 9 aromatic heterocycles. The zero-order valence-electron chi connectivity index (χ0n) is 90.8. The smallest absolute Gasteiger partial charge is 0.291 e. The number of carbonyl (C=O) groups is 5. The Bertz CT molecular complexity index is 5410. The van der Waals surface area contributed by atoms with E-state index in [4.69, 9.17) is 19.3 Å². The number of amides is 5. The molecule has 14 heterocycles. The highest BCUT2D eigenvalue weighted by Gasteiger charge is 2.31. The lowest BCUT2D eigenvalue weighted by Crippen LogP contribution is -2.47. The van der Waals surface area contributed by atoms with Crippen LogP contribution < -0.4 is 36.0 Å². The predicted octanol–water partition coefficient (Wildman–Crippen LogP) is 13.7. The van der Waals surface area contributed by atoms with Crippen LogP contribution in [-0.4, -0.2) is 338 Å². The maximum absolute atomic E-state index is 12.7. The monoisotopic (exact) mass is 2030 g/mol. The van der Waals surface area contributed by atoms with Gasteiger partial charge in [0.1, 0.15) is 17.5 Å². The second-order valence-electron chi connectivity index (χ2n) is 39.5. The van der Waals surface area contributed by atoms with Gasteiger partial charge < -0.3 is 74.5 Å². The highest BCUT2D eigenvalue weighted by molar-refractivity contribution is 5.93. The molecule has 10 aromatic rings. The van der Waals surface area contributed by atoms with Gasteiger partial charge in [-0.3, -0.25) is 29.3 Å². The molecule has 798 valence electrons. The highest BCUT2D eigenvalue weighted by atomic mass is 19.1. The number of aromatic nitrogens is 16. The SMILES string of the molecule is CC(C)c1ccc(N2CCN(C)CC2)nc1.CC(C)c1ccc(N2CCNCC2)nc1.CC(C)c1ccnc(N2CCOCC2)n1.CC(C)c1cnc(-c2ccc(F)cc2)nc1.CC(C)c1cnc(C(=O)N(C)CCO)nc1.CC(C)c1cnc(C(=O)N2CCN(C)CC2)nc1.CC(C)c1cnc(C(=O)N2CCNCC2)nc1.CC(C)c1cnc(NC(=O)C2CC2)nc1.COCCOCCNC(=O)c1ncc(C(C)C)cn1. The minimum Gasteiger partial charge on any atom is -0.395 e. The van der Waals surface area contributed by atoms with Crippen LogP contribution in [0.25, 0.3) is 11.4 Å². The minimum absolute atomic E-state index is 0.0484. The quantitative estimate of drug-likeness (QED) is 0.0298. The van der Waals surface area contributed by atoms with Gasteiger partial charge in [0.15, 0.2) is 5.82 Å². The Morgan fingerprint density at radius 2 is 0.823 bits per heavy atom. The number of ether oxygens (including phenoxy) is 3. The van der Waals surface area contributed by atoms with Crippen LogP contribution in [0.15, 0.2) is 148 Å². The number of aliphatic hydroxyl groups is 1. The van der Waals surface area contributed by atoms with Gasteiger partial charge in [-0.05, 0) is 167 Å². The number of nitrogens with one attached hydrogen (secondary N) is 4. The van der Waals surface area contributed by atoms with Crippen LogP contribution in [-0.2, 0) is 19.0 Å². The number of hydrogen-bond donors (Lipinski definition) is 5. The number of anilines is 4. The summed E-state index contributed by atoms with van der Waals surface area (Å²) in [5.74, 6) is 8.27. The number of rotatable bonds is 27. The summed E-state index contributed by atoms with van der Waals surface area (Å²) < 4.78 is 28.1. The number of hydrogen-bond acceptors (Lipinski definition) is 32. The normalized spacial score (nSPS) is 14.7. The molecular weight excluding hydrogens is 1860 g/mol. The summed E-state index contributed by atoms with van der Waals surface area (Å²) in [6.45, 7) is 58.6. The molecule has 6 aliphatic rings. The number of likely N-dealkylation sites (N-methyl/N-ethyl adjacent to an activating group) is 3. The van der Waals surface area contributed by atoms with Crippen LogP contribution in [0, 0.1) is 11.7 Å². The molecule has 0 spiro atoms. The standard InChI is InChI=1S/C13H13FN2.C13H20N4O.C13H21N3O3.C13H21N3.C12H18N4O.C12H19N3.C11H17N3O2.C11H17N3O.C11H15N3O/c1-9(2)11-7-15-13(16-8-11)10-3-5-12(14)6-4-10;1-10(2)11-8-14-12(15-9-11)13(18)17-6-4-16(3)5-7-17;1-10(2)11-8-15-12(16-9-11)13(17)14-4-5-19-7-6-18-3;1-11(2)12-4-5-13(14-10-12)16-8-6-15(3)7-9-16;1-9(2)10-7-14-11(15-8-10)12(17)16-5-3-13-4-6-16;1-10(2)11-3-4-12(14-9-11)15-7-5-13-6-8-15;1-8(2)9-6-12-10(13-7-9)11(16)14(3)4-5-15;1-9(2)10-3-4-12-11(13-10)14-5-7-15-8-6-14;1-7(2)9-5-12-11(13-6-9)14-10(15)8-3-4-8/h3-9H,1-2H3;8-10H,4-7H2,1-3H3;8-10H,4-7H2,1-3H3,(H,14,17);4-5,10-11H,6-9H2,1-3H3;7-9,13H,3-6H2,1-2H3;3-4,9-10,13H,5-8H2,1-2H3;6-8,15H,4-5H2,1-3H3;3-4,9H,5-8H2,1-2H3;5-8H,3-4H2,1-2H3,(H,12,13,14,15). The van der Waals surface area contributed by atoms with E-state index >= 15 is 0 Å². The molecule has 0 atom stereocenters. The van der Waals surface area contributed by atoms with Gasteiger partial charge >= 0.3 is 0 Å². The number of methoxy groups -OCH3 is 1. The van der Waals surface area contributed by atoms with Crippen LogP contribution in [0.3, 0.4) is 0 Å². The summed E-state index contributed by atoms with van der Waals surface area (Å²) >= 11 is 0. The summed E-state index contributed by atoms with van der Waals surface area (Å²) in [7, 11) is 7.46. The molecule has 0 radical (unpaired) electrons. The fourth-order valence-electron chi connectivity index (χ4n) is 14.2. The van der Waals surface area contributed by atoms with Crippen molar-refractivity contribution in [1.29, 1.82) is 0 Å². The van der Waals surface area contributed by atoms with E-state index in [-0.39, 0.29) is 66.1 Å². The molecule has 1 aromatic carbocycles. The number of halogens is 1. The first-order chi connectivity index (χ1) is 70.5. The average molecular weight is 2030 g/mol. The fraction of sp³-hybridized carbons (Fsp3) is 0.550. The molecule has 0 bridgehead atoms. The molecule has 5 aliphatic heterocycles. The van der Waals surface area contributed by atoms with E-state index in [9.17, 15) is 28.4 Å². The maximum Gasteiger partial charge on any atom is 0.291 e. The van der Waals surface area contributed by atoms with Gasteiger partial charge in [0, 0.05) is 255 Å². The van der Waals surface area contributed by atoms with Crippen LogP contribution in [0.1, 0.15) is 283 Å². The van der Waals surface area contributed by atoms with Crippen molar-refractivity contribution in [3.05, 3.63) is 227 Å². The minimum atomic E-state index is -0.286. The van der Waals surface area contributed by atoms with Crippen molar-refractivity contribution in [1.82, 2.24) is 120 Å². The first kappa shape index (κ1) is 120. The van der Waals surface area contributed by atoms with Crippen molar-refractivity contribution < 1.29 is 47.7 Å². The van der Waals surface area contributed by atoms with Crippen molar-refractivity contribution in [2.24, 2.45) is 5.92 Å². The third-order valence-electron chi connectivity index (χ3n) is 24.7. The Hall–Kier alpha value is -12.6. The van der Waals surface area contributed by atoms with Crippen LogP contribution in [0.4, 0.5) is 27.9 Å². The summed E-state index contributed by atoms with van der Waals surface area (Å²) in [6, 6.07) is 16.8. The largest absolute Gasteiger partial charge is 0.395 e. The van der Waals surface area contributed by atoms with Gasteiger partial charge in [-0.25, -0.2) is 84.1 Å². The molecule has 1 aliphatic carbocycles. The summed E-state index contributed by atoms with van der Waals surface area (Å²) in [4.78, 5) is 143. The Labute approximate surface area is 870 Å². The molecule has 147 heavy (non-hydrogen) atoms. The summed E-state index contributed by atoms with van der Waals surface area (Å²) in [5, 5.41) is 20.7. The summed E-state index contributed by atoms with van der Waals surface area (Å²) in [5.41, 5.74) is 10.9. The lowest BCUT2D eigenvalue weighted by atomic mass is 10.1. The fourth-order valence-corrected chi connectivity index (χ4v) is 14.2. The lowest BCUT2D eigenvalue weighted by Gasteiger charge is -2.33. The molecule has 5 saturated heterocycles. The highest BCUT2D eigenvalue weighted by Crippen LogP contribution is 2.30. The Kier molecular flexibility index (Phi) is 52.0. The van der Waals surface area contributed by atoms with Gasteiger partial charge in [-0.15, -0.1) is 0 Å². The topological polar surface area (TPSA) is 414 Å². The number of benzene rings is 1. The molecule has 5 amide bonds. The van der Waals surface area contributed by atoms with Gasteiger partial charge in [0.25, 0.3) is 23.6 Å². The molecule has 0 unspecified atom stereocenters. The Balaban J connectivity index is 0.000000202. The van der Waals surface area contributed by atoms with E-state index in [1.165, 1.54) is 28.2 Å². The van der Waals surface area contributed by atoms with Crippen LogP contribution in [0.5, 0.6) is 0 Å². The Morgan fingerprint density at radius 1 is 0.429 bits per heavy atom. The molecule has 16 rings (SSSR count). The average Bonchev–Trinajstić information content (AvgIpc) is 1.85. The third-order valence-corrected chi connectivity index (χ3v) is 24.7. The summed E-state index contributed by atoms with van der Waals surface area (Å²) in [6.07, 6.45) is 28.7. The van der Waals surface area contributed by atoms with E-state index in [2.05, 4.69) is 275 Å². The first-order valence-electron chi connectivity index (χ1n) is 51.6. The van der Waals surface area contributed by atoms with Gasteiger partial charge in [-0.2, -0.15) is 0 Å². The molecule has 37 nitrogen and oxygen atoms in total. The zero-order chi connectivity index (χ0) is 107. The zero-order valence-corrected chi connectivity index (χ0v) is 90.8. The first-order valence-corrected chi connectivity index (χ1v) is 51.6. The number of carbonyl (C=O) groups excluding carboxylic acids is 5. The van der Waals surface area contributed by atoms with Crippen molar-refractivity contribution in [3.8, 4) is 11.4 Å². The predicted molar refractivity (Wildman–Crippen MR) is 575 cm³/mol. The van der Waals surface area contributed by atoms with Crippen LogP contribution >= 0.6 is 0 Å². The lowest BCUT2D eigenvalue weighted by molar-refractivity contribution is -0.117. The van der Waals surface area contributed by atoms with E-state index in [0.29, 0.717) is 103 Å². The third kappa shape index (κ3) is 42.3. The van der Waals surface area contributed by atoms with E-state index in [0.717, 1.165) is 206 Å². The molecule has 1 saturated carbocycles. The van der Waals surface area contributed by atoms with Crippen molar-refractivity contribution >= 4 is 53.1 Å². The van der Waals surface area contributed by atoms with Gasteiger partial charge in [-0.1, -0.05) is 137 Å². The molecule has 6 fully saturated rings. The van der Waals surface area contributed by atoms with Crippen molar-refractivity contribution in [2.45, 2.75) is 191 Å². The Morgan fingerprint density at radius 3 is 1.23 bits per heavy atom. The van der Waals surface area contributed by atoms with E-state index in [1.54, 1.807) is 93.2 Å². The number of aliphatic hydroxyl groups excluding tert-OH is 1. The van der Waals surface area contributed by atoms with E-state index in [1.807, 2.05) is 55.8 Å². The van der Waals surface area contributed by atoms with Gasteiger partial charge in [0.2, 0.25) is 41.1 Å². The molecular formula is C109H161FN28O9. The number of piperazine rings is 4. The molecule has 38 heteroatoms. The molecule has 5 N–H and O–H groups in total. The van der Waals surface area contributed by atoms with Crippen LogP contribution in [0.2, 0.25) is 0 Å². The number of morpholine rings is 1. The second kappa shape index (κ2) is 63.9. The van der Waals surface area contributed by atoms with Crippen molar-refractivity contribution in [2.75, 3.05) is 219 Å². The van der Waals surface area contributed by atoms with Crippen molar-refractivity contribution in [3.63, 3.8) is 0 Å². The number of nitrogens with zero attached hydrogens (tertiary/aromatic N) is 24. The second-order valence-corrected chi connectivity index (χ2v) is 39.5. The number of pyridine rings is 2. The van der Waals surface area contributed by atoms with E-state index < -0.39 is 0 Å². The maximum atomic E-state index is 12.7.